The molecule has 0 radical (unpaired) electrons. The van der Waals surface area contributed by atoms with Crippen molar-refractivity contribution in [2.24, 2.45) is 0 Å². The van der Waals surface area contributed by atoms with Crippen LogP contribution >= 0.6 is 0 Å². The van der Waals surface area contributed by atoms with Crippen LogP contribution in [-0.4, -0.2) is 27.4 Å². The average molecular weight is 307 g/mol. The summed E-state index contributed by atoms with van der Waals surface area (Å²) < 4.78 is 33.5. The van der Waals surface area contributed by atoms with E-state index >= 15 is 0 Å². The molecule has 1 aromatic heterocycles. The molecule has 2 rings (SSSR count). The van der Waals surface area contributed by atoms with Crippen molar-refractivity contribution >= 4 is 15.9 Å². The van der Waals surface area contributed by atoms with Gasteiger partial charge < -0.3 is 14.7 Å². The number of imidazole rings is 1. The second kappa shape index (κ2) is 6.22. The normalized spacial score (nSPS) is 10.8. The number of rotatable bonds is 3. The van der Waals surface area contributed by atoms with Gasteiger partial charge in [0.1, 0.15) is 16.3 Å². The zero-order chi connectivity index (χ0) is 13.3. The molecule has 2 aromatic rings. The van der Waals surface area contributed by atoms with E-state index in [0.29, 0.717) is 5.69 Å². The number of benzene rings is 1. The Morgan fingerprint density at radius 2 is 1.79 bits per heavy atom. The molecule has 1 heterocycles. The van der Waals surface area contributed by atoms with Crippen LogP contribution in [0.5, 0.6) is 0 Å². The Bertz CT molecular complexity index is 695. The Morgan fingerprint density at radius 1 is 1.21 bits per heavy atom. The minimum absolute atomic E-state index is 0. The van der Waals surface area contributed by atoms with E-state index in [1.807, 2.05) is 0 Å². The first-order chi connectivity index (χ1) is 8.38. The standard InChI is InChI=1S/C9H7N3O5S.K/c13-12(14)9-5-11(6-10-9)7-1-3-8(4-2-7)18(15,16)17;/h1-6H,(H,15,16,17);/q;+1/p-1. The van der Waals surface area contributed by atoms with Gasteiger partial charge in [0.25, 0.3) is 0 Å². The van der Waals surface area contributed by atoms with Gasteiger partial charge in [0.2, 0.25) is 6.33 Å². The zero-order valence-electron chi connectivity index (χ0n) is 9.76. The molecule has 94 valence electrons. The fraction of sp³-hybridized carbons (Fsp3) is 0. The van der Waals surface area contributed by atoms with E-state index in [4.69, 9.17) is 0 Å². The van der Waals surface area contributed by atoms with Crippen LogP contribution in [0.1, 0.15) is 0 Å². The van der Waals surface area contributed by atoms with Crippen LogP contribution in [0.2, 0.25) is 0 Å². The molecule has 0 N–H and O–H groups in total. The summed E-state index contributed by atoms with van der Waals surface area (Å²) >= 11 is 0. The van der Waals surface area contributed by atoms with E-state index in [1.54, 1.807) is 0 Å². The van der Waals surface area contributed by atoms with Crippen molar-refractivity contribution in [2.75, 3.05) is 0 Å². The Balaban J connectivity index is 0.00000180. The average Bonchev–Trinajstić information content (AvgIpc) is 2.77. The molecule has 0 atom stereocenters. The molecule has 0 fully saturated rings. The van der Waals surface area contributed by atoms with Crippen molar-refractivity contribution < 1.29 is 69.3 Å². The number of nitrogens with zero attached hydrogens (tertiary/aromatic N) is 3. The van der Waals surface area contributed by atoms with E-state index in [9.17, 15) is 23.1 Å². The predicted molar refractivity (Wildman–Crippen MR) is 58.2 cm³/mol. The maximum atomic E-state index is 10.7. The predicted octanol–water partition coefficient (Wildman–Crippen LogP) is -2.31. The Labute approximate surface area is 150 Å². The van der Waals surface area contributed by atoms with Crippen molar-refractivity contribution in [1.82, 2.24) is 9.55 Å². The Morgan fingerprint density at radius 3 is 2.21 bits per heavy atom. The number of hydrogen-bond acceptors (Lipinski definition) is 6. The molecule has 0 saturated carbocycles. The van der Waals surface area contributed by atoms with Crippen LogP contribution in [0.4, 0.5) is 5.82 Å². The fourth-order valence-corrected chi connectivity index (χ4v) is 1.80. The molecule has 1 aromatic carbocycles. The van der Waals surface area contributed by atoms with Gasteiger partial charge in [0.15, 0.2) is 0 Å². The van der Waals surface area contributed by atoms with E-state index in [-0.39, 0.29) is 62.1 Å². The van der Waals surface area contributed by atoms with Gasteiger partial charge in [-0.2, -0.15) is 0 Å². The van der Waals surface area contributed by atoms with Gasteiger partial charge in [-0.15, -0.1) is 0 Å². The van der Waals surface area contributed by atoms with Crippen molar-refractivity contribution in [2.45, 2.75) is 4.90 Å². The molecule has 0 aliphatic carbocycles. The third kappa shape index (κ3) is 3.92. The summed E-state index contributed by atoms with van der Waals surface area (Å²) in [6.07, 6.45) is 2.40. The van der Waals surface area contributed by atoms with Crippen LogP contribution in [0.25, 0.3) is 5.69 Å². The molecule has 0 bridgehead atoms. The zero-order valence-corrected chi connectivity index (χ0v) is 13.7. The van der Waals surface area contributed by atoms with Crippen LogP contribution < -0.4 is 51.4 Å². The van der Waals surface area contributed by atoms with Gasteiger partial charge in [-0.25, -0.2) is 8.42 Å². The number of nitro groups is 1. The minimum atomic E-state index is -4.49. The summed E-state index contributed by atoms with van der Waals surface area (Å²) in [7, 11) is -4.49. The van der Waals surface area contributed by atoms with E-state index < -0.39 is 15.0 Å². The third-order valence-electron chi connectivity index (χ3n) is 2.18. The van der Waals surface area contributed by atoms with E-state index in [0.717, 1.165) is 12.1 Å². The van der Waals surface area contributed by atoms with Crippen LogP contribution in [0, 0.1) is 10.1 Å². The Kier molecular flexibility index (Phi) is 5.38. The van der Waals surface area contributed by atoms with Crippen LogP contribution in [-0.2, 0) is 10.1 Å². The molecule has 0 spiro atoms. The van der Waals surface area contributed by atoms with Gasteiger partial charge in [-0.1, -0.05) is 0 Å². The number of aromatic nitrogens is 2. The molecule has 8 nitrogen and oxygen atoms in total. The van der Waals surface area contributed by atoms with Crippen molar-refractivity contribution in [3.63, 3.8) is 0 Å². The van der Waals surface area contributed by atoms with E-state index in [1.165, 1.54) is 29.2 Å². The molecule has 0 amide bonds. The first-order valence-electron chi connectivity index (χ1n) is 4.62. The minimum Gasteiger partial charge on any atom is -0.744 e. The molecule has 0 aliphatic rings. The molecule has 19 heavy (non-hydrogen) atoms. The van der Waals surface area contributed by atoms with Gasteiger partial charge in [-0.3, -0.25) is 4.57 Å². The topological polar surface area (TPSA) is 118 Å². The summed E-state index contributed by atoms with van der Waals surface area (Å²) in [4.78, 5) is 13.0. The van der Waals surface area contributed by atoms with Crippen molar-refractivity contribution in [1.29, 1.82) is 0 Å². The largest absolute Gasteiger partial charge is 1.00 e. The summed E-state index contributed by atoms with van der Waals surface area (Å²) in [5.74, 6) is -0.324. The van der Waals surface area contributed by atoms with Gasteiger partial charge in [-0.05, 0) is 34.2 Å². The first-order valence-corrected chi connectivity index (χ1v) is 6.03. The fourth-order valence-electron chi connectivity index (χ4n) is 1.33. The second-order valence-corrected chi connectivity index (χ2v) is 4.72. The SMILES string of the molecule is O=[N+]([O-])c1cn(-c2ccc(S(=O)(=O)[O-])cc2)cn1.[K+]. The number of hydrogen-bond donors (Lipinski definition) is 0. The Hall–Kier alpha value is -0.624. The molecule has 0 saturated heterocycles. The smallest absolute Gasteiger partial charge is 0.744 e. The summed E-state index contributed by atoms with van der Waals surface area (Å²) in [6.45, 7) is 0. The quantitative estimate of drug-likeness (QED) is 0.272. The third-order valence-corrected chi connectivity index (χ3v) is 3.03. The summed E-state index contributed by atoms with van der Waals surface area (Å²) in [5.41, 5.74) is 0.461. The second-order valence-electron chi connectivity index (χ2n) is 3.34. The van der Waals surface area contributed by atoms with Crippen LogP contribution in [0.15, 0.2) is 41.7 Å². The van der Waals surface area contributed by atoms with E-state index in [2.05, 4.69) is 4.98 Å². The summed E-state index contributed by atoms with van der Waals surface area (Å²) in [5, 5.41) is 10.4. The molecule has 10 heteroatoms. The summed E-state index contributed by atoms with van der Waals surface area (Å²) in [6, 6.07) is 4.97. The maximum absolute atomic E-state index is 10.7. The molecule has 0 aliphatic heterocycles. The van der Waals surface area contributed by atoms with Gasteiger partial charge in [0, 0.05) is 5.69 Å². The monoisotopic (exact) mass is 307 g/mol. The molecular weight excluding hydrogens is 301 g/mol. The maximum Gasteiger partial charge on any atom is 1.00 e. The van der Waals surface area contributed by atoms with Crippen LogP contribution in [0.3, 0.4) is 0 Å². The van der Waals surface area contributed by atoms with Gasteiger partial charge >= 0.3 is 57.2 Å². The van der Waals surface area contributed by atoms with Crippen molar-refractivity contribution in [3.8, 4) is 5.69 Å². The molecule has 0 unspecified atom stereocenters. The van der Waals surface area contributed by atoms with Gasteiger partial charge in [0.05, 0.1) is 4.90 Å². The molecular formula is C9H6KN3O5S. The first kappa shape index (κ1) is 16.4. The van der Waals surface area contributed by atoms with Crippen molar-refractivity contribution in [3.05, 3.63) is 46.9 Å².